The Balaban J connectivity index is 1.39. The lowest BCUT2D eigenvalue weighted by molar-refractivity contribution is -0.136. The number of amides is 3. The van der Waals surface area contributed by atoms with E-state index in [0.29, 0.717) is 37.7 Å². The van der Waals surface area contributed by atoms with Gasteiger partial charge in [-0.3, -0.25) is 19.7 Å². The van der Waals surface area contributed by atoms with Gasteiger partial charge in [0, 0.05) is 43.3 Å². The standard InChI is InChI=1S/C24H26N4O3/c1-14-9-16-3-2-4-17(11-25)22(16)27(14)12-15-5-6-18-13-28(24(31)19(18)10-15)20-7-8-21(29)26-23(20)30/h2-6,10,14,20H,7-9,11-13,25H2,1H3,(H,26,29,30). The second kappa shape index (κ2) is 7.50. The Morgan fingerprint density at radius 3 is 2.74 bits per heavy atom. The minimum atomic E-state index is -0.585. The fourth-order valence-corrected chi connectivity index (χ4v) is 5.12. The number of anilines is 1. The first-order valence-electron chi connectivity index (χ1n) is 10.8. The zero-order valence-electron chi connectivity index (χ0n) is 17.6. The van der Waals surface area contributed by atoms with Crippen LogP contribution < -0.4 is 16.0 Å². The third-order valence-electron chi connectivity index (χ3n) is 6.70. The molecule has 3 aliphatic rings. The van der Waals surface area contributed by atoms with Gasteiger partial charge in [-0.15, -0.1) is 0 Å². The molecule has 2 aromatic rings. The molecule has 0 spiro atoms. The van der Waals surface area contributed by atoms with E-state index < -0.39 is 6.04 Å². The fraction of sp³-hybridized carbons (Fsp3) is 0.375. The van der Waals surface area contributed by atoms with Crippen LogP contribution >= 0.6 is 0 Å². The summed E-state index contributed by atoms with van der Waals surface area (Å²) in [6, 6.07) is 12.1. The smallest absolute Gasteiger partial charge is 0.255 e. The number of fused-ring (bicyclic) bond motifs is 2. The highest BCUT2D eigenvalue weighted by Crippen LogP contribution is 2.37. The van der Waals surface area contributed by atoms with Gasteiger partial charge in [0.25, 0.3) is 5.91 Å². The molecule has 1 saturated heterocycles. The number of nitrogens with one attached hydrogen (secondary N) is 1. The van der Waals surface area contributed by atoms with Gasteiger partial charge in [-0.2, -0.15) is 0 Å². The second-order valence-corrected chi connectivity index (χ2v) is 8.70. The van der Waals surface area contributed by atoms with Gasteiger partial charge in [-0.05, 0) is 48.1 Å². The minimum Gasteiger partial charge on any atom is -0.364 e. The summed E-state index contributed by atoms with van der Waals surface area (Å²) in [5.41, 5.74) is 12.3. The molecule has 0 radical (unpaired) electrons. The first-order valence-corrected chi connectivity index (χ1v) is 10.8. The topological polar surface area (TPSA) is 95.7 Å². The van der Waals surface area contributed by atoms with Crippen LogP contribution in [-0.4, -0.2) is 34.7 Å². The van der Waals surface area contributed by atoms with Gasteiger partial charge in [-0.25, -0.2) is 0 Å². The van der Waals surface area contributed by atoms with E-state index >= 15 is 0 Å². The molecule has 3 aliphatic heterocycles. The fourth-order valence-electron chi connectivity index (χ4n) is 5.12. The summed E-state index contributed by atoms with van der Waals surface area (Å²) in [7, 11) is 0. The highest BCUT2D eigenvalue weighted by Gasteiger charge is 2.39. The normalized spacial score (nSPS) is 22.6. The first-order chi connectivity index (χ1) is 15.0. The van der Waals surface area contributed by atoms with Crippen molar-refractivity contribution in [2.45, 2.75) is 57.9 Å². The lowest BCUT2D eigenvalue weighted by Gasteiger charge is -2.29. The maximum atomic E-state index is 13.1. The van der Waals surface area contributed by atoms with E-state index in [-0.39, 0.29) is 24.1 Å². The third kappa shape index (κ3) is 3.29. The van der Waals surface area contributed by atoms with Crippen LogP contribution in [0.2, 0.25) is 0 Å². The molecule has 0 aromatic heterocycles. The average molecular weight is 418 g/mol. The Labute approximate surface area is 181 Å². The number of imide groups is 1. The van der Waals surface area contributed by atoms with Crippen LogP contribution in [0, 0.1) is 0 Å². The van der Waals surface area contributed by atoms with E-state index in [9.17, 15) is 14.4 Å². The van der Waals surface area contributed by atoms with Crippen LogP contribution in [0.25, 0.3) is 0 Å². The molecule has 0 aliphatic carbocycles. The Bertz CT molecular complexity index is 1100. The molecule has 160 valence electrons. The SMILES string of the molecule is CC1Cc2cccc(CN)c2N1Cc1ccc2c(c1)C(=O)N(C1CCC(=O)NC1=O)C2. The summed E-state index contributed by atoms with van der Waals surface area (Å²) in [6.45, 7) is 3.81. The minimum absolute atomic E-state index is 0.135. The van der Waals surface area contributed by atoms with E-state index in [2.05, 4.69) is 41.4 Å². The molecular weight excluding hydrogens is 392 g/mol. The van der Waals surface area contributed by atoms with Crippen molar-refractivity contribution in [1.82, 2.24) is 10.2 Å². The molecule has 5 rings (SSSR count). The van der Waals surface area contributed by atoms with Gasteiger partial charge in [0.05, 0.1) is 0 Å². The molecule has 3 N–H and O–H groups in total. The van der Waals surface area contributed by atoms with Crippen LogP contribution in [0.15, 0.2) is 36.4 Å². The maximum Gasteiger partial charge on any atom is 0.255 e. The van der Waals surface area contributed by atoms with Gasteiger partial charge in [0.2, 0.25) is 11.8 Å². The predicted molar refractivity (Wildman–Crippen MR) is 116 cm³/mol. The Morgan fingerprint density at radius 1 is 1.13 bits per heavy atom. The highest BCUT2D eigenvalue weighted by molar-refractivity contribution is 6.05. The number of rotatable bonds is 4. The number of para-hydroxylation sites is 1. The van der Waals surface area contributed by atoms with Gasteiger partial charge in [0.1, 0.15) is 6.04 Å². The predicted octanol–water partition coefficient (Wildman–Crippen LogP) is 1.86. The maximum absolute atomic E-state index is 13.1. The Hall–Kier alpha value is -3.19. The molecular formula is C24H26N4O3. The molecule has 2 atom stereocenters. The van der Waals surface area contributed by atoms with Crippen LogP contribution in [0.4, 0.5) is 5.69 Å². The van der Waals surface area contributed by atoms with E-state index in [1.165, 1.54) is 11.3 Å². The molecule has 0 bridgehead atoms. The van der Waals surface area contributed by atoms with Crippen molar-refractivity contribution in [3.8, 4) is 0 Å². The van der Waals surface area contributed by atoms with Crippen molar-refractivity contribution in [3.05, 3.63) is 64.2 Å². The van der Waals surface area contributed by atoms with Crippen molar-refractivity contribution in [2.24, 2.45) is 5.73 Å². The number of carbonyl (C=O) groups is 3. The Morgan fingerprint density at radius 2 is 1.97 bits per heavy atom. The quantitative estimate of drug-likeness (QED) is 0.739. The zero-order chi connectivity index (χ0) is 21.7. The number of hydrogen-bond donors (Lipinski definition) is 2. The number of hydrogen-bond acceptors (Lipinski definition) is 5. The number of piperidine rings is 1. The van der Waals surface area contributed by atoms with Crippen LogP contribution in [0.5, 0.6) is 0 Å². The number of benzene rings is 2. The number of nitrogens with two attached hydrogens (primary N) is 1. The first kappa shape index (κ1) is 19.8. The zero-order valence-corrected chi connectivity index (χ0v) is 17.6. The van der Waals surface area contributed by atoms with Crippen LogP contribution in [0.3, 0.4) is 0 Å². The second-order valence-electron chi connectivity index (χ2n) is 8.70. The molecule has 7 nitrogen and oxygen atoms in total. The van der Waals surface area contributed by atoms with Gasteiger partial charge < -0.3 is 15.5 Å². The molecule has 3 amide bonds. The number of carbonyl (C=O) groups excluding carboxylic acids is 3. The number of nitrogens with zero attached hydrogens (tertiary/aromatic N) is 2. The summed E-state index contributed by atoms with van der Waals surface area (Å²) in [6.07, 6.45) is 1.62. The molecule has 1 fully saturated rings. The van der Waals surface area contributed by atoms with Crippen LogP contribution in [0.1, 0.15) is 52.4 Å². The summed E-state index contributed by atoms with van der Waals surface area (Å²) in [4.78, 5) is 40.8. The van der Waals surface area contributed by atoms with Gasteiger partial charge in [-0.1, -0.05) is 30.3 Å². The molecule has 2 unspecified atom stereocenters. The van der Waals surface area contributed by atoms with Gasteiger partial charge >= 0.3 is 0 Å². The van der Waals surface area contributed by atoms with E-state index in [1.54, 1.807) is 4.90 Å². The lowest BCUT2D eigenvalue weighted by atomic mass is 10.0. The van der Waals surface area contributed by atoms with Crippen molar-refractivity contribution in [3.63, 3.8) is 0 Å². The molecule has 3 heterocycles. The van der Waals surface area contributed by atoms with Crippen LogP contribution in [-0.2, 0) is 35.6 Å². The van der Waals surface area contributed by atoms with Crippen molar-refractivity contribution < 1.29 is 14.4 Å². The Kier molecular flexibility index (Phi) is 4.78. The molecule has 31 heavy (non-hydrogen) atoms. The summed E-state index contributed by atoms with van der Waals surface area (Å²) >= 11 is 0. The largest absolute Gasteiger partial charge is 0.364 e. The van der Waals surface area contributed by atoms with Gasteiger partial charge in [0.15, 0.2) is 0 Å². The van der Waals surface area contributed by atoms with E-state index in [0.717, 1.165) is 23.1 Å². The molecule has 7 heteroatoms. The lowest BCUT2D eigenvalue weighted by Crippen LogP contribution is -2.52. The average Bonchev–Trinajstić information content (AvgIpc) is 3.25. The van der Waals surface area contributed by atoms with Crippen molar-refractivity contribution in [2.75, 3.05) is 4.90 Å². The van der Waals surface area contributed by atoms with E-state index in [1.807, 2.05) is 12.1 Å². The summed E-state index contributed by atoms with van der Waals surface area (Å²) < 4.78 is 0. The van der Waals surface area contributed by atoms with Crippen molar-refractivity contribution >= 4 is 23.4 Å². The monoisotopic (exact) mass is 418 g/mol. The molecule has 0 saturated carbocycles. The summed E-state index contributed by atoms with van der Waals surface area (Å²) in [5, 5.41) is 2.35. The molecule has 2 aromatic carbocycles. The summed E-state index contributed by atoms with van der Waals surface area (Å²) in [5.74, 6) is -0.789. The van der Waals surface area contributed by atoms with Crippen molar-refractivity contribution in [1.29, 1.82) is 0 Å². The highest BCUT2D eigenvalue weighted by atomic mass is 16.2. The van der Waals surface area contributed by atoms with E-state index in [4.69, 9.17) is 5.73 Å². The third-order valence-corrected chi connectivity index (χ3v) is 6.70.